The normalized spacial score (nSPS) is 24.2. The van der Waals surface area contributed by atoms with Crippen LogP contribution in [0, 0.1) is 11.7 Å². The van der Waals surface area contributed by atoms with Crippen LogP contribution in [0.5, 0.6) is 5.88 Å². The molecule has 0 saturated carbocycles. The first-order valence-corrected chi connectivity index (χ1v) is 10.4. The van der Waals surface area contributed by atoms with Crippen molar-refractivity contribution in [1.82, 2.24) is 14.2 Å². The lowest BCUT2D eigenvalue weighted by Crippen LogP contribution is -2.72. The molecular weight excluding hydrogens is 345 g/mol. The number of piperidine rings is 1. The van der Waals surface area contributed by atoms with Crippen molar-refractivity contribution >= 4 is 10.0 Å². The zero-order valence-corrected chi connectivity index (χ0v) is 15.6. The molecule has 0 aliphatic carbocycles. The molecule has 2 fully saturated rings. The number of sulfonamides is 1. The van der Waals surface area contributed by atoms with Crippen molar-refractivity contribution in [1.29, 1.82) is 0 Å². The summed E-state index contributed by atoms with van der Waals surface area (Å²) < 4.78 is 45.2. The van der Waals surface area contributed by atoms with Crippen molar-refractivity contribution in [2.75, 3.05) is 39.0 Å². The summed E-state index contributed by atoms with van der Waals surface area (Å²) in [5, 5.41) is 0. The SMILES string of the molecule is CCCS(=O)(=O)N1CC2(C[C@@H](COc3ncccc3F)CCN2C)C1. The van der Waals surface area contributed by atoms with Gasteiger partial charge in [0.1, 0.15) is 0 Å². The number of ether oxygens (including phenoxy) is 1. The highest BCUT2D eigenvalue weighted by Crippen LogP contribution is 2.39. The van der Waals surface area contributed by atoms with Crippen LogP contribution in [0.1, 0.15) is 26.2 Å². The van der Waals surface area contributed by atoms with E-state index in [1.807, 2.05) is 6.92 Å². The van der Waals surface area contributed by atoms with Crippen molar-refractivity contribution in [3.05, 3.63) is 24.1 Å². The van der Waals surface area contributed by atoms with Crippen molar-refractivity contribution in [3.63, 3.8) is 0 Å². The van der Waals surface area contributed by atoms with Crippen LogP contribution < -0.4 is 4.74 Å². The molecule has 0 N–H and O–H groups in total. The first-order chi connectivity index (χ1) is 11.9. The summed E-state index contributed by atoms with van der Waals surface area (Å²) in [4.78, 5) is 6.18. The second-order valence-electron chi connectivity index (χ2n) is 7.19. The van der Waals surface area contributed by atoms with Gasteiger partial charge in [0.15, 0.2) is 5.82 Å². The van der Waals surface area contributed by atoms with Gasteiger partial charge in [0, 0.05) is 24.8 Å². The molecule has 0 aromatic carbocycles. The molecule has 1 atom stereocenters. The highest BCUT2D eigenvalue weighted by atomic mass is 32.2. The van der Waals surface area contributed by atoms with E-state index in [2.05, 4.69) is 16.9 Å². The van der Waals surface area contributed by atoms with Gasteiger partial charge in [-0.15, -0.1) is 0 Å². The molecule has 25 heavy (non-hydrogen) atoms. The van der Waals surface area contributed by atoms with Gasteiger partial charge in [-0.1, -0.05) is 6.92 Å². The molecule has 0 amide bonds. The summed E-state index contributed by atoms with van der Waals surface area (Å²) in [5.74, 6) is 0.0636. The highest BCUT2D eigenvalue weighted by molar-refractivity contribution is 7.89. The van der Waals surface area contributed by atoms with Gasteiger partial charge in [-0.05, 0) is 50.9 Å². The Balaban J connectivity index is 1.59. The minimum atomic E-state index is -3.13. The third-order valence-corrected chi connectivity index (χ3v) is 7.30. The molecule has 2 aliphatic heterocycles. The van der Waals surface area contributed by atoms with Gasteiger partial charge >= 0.3 is 0 Å². The lowest BCUT2D eigenvalue weighted by Gasteiger charge is -2.57. The molecule has 0 radical (unpaired) electrons. The monoisotopic (exact) mass is 371 g/mol. The van der Waals surface area contributed by atoms with Crippen LogP contribution in [0.25, 0.3) is 0 Å². The number of nitrogens with zero attached hydrogens (tertiary/aromatic N) is 3. The van der Waals surface area contributed by atoms with Crippen LogP contribution in [0.15, 0.2) is 18.3 Å². The van der Waals surface area contributed by atoms with E-state index in [-0.39, 0.29) is 23.1 Å². The Bertz CT molecular complexity index is 707. The van der Waals surface area contributed by atoms with E-state index in [1.54, 1.807) is 4.31 Å². The third kappa shape index (κ3) is 3.80. The van der Waals surface area contributed by atoms with Crippen molar-refractivity contribution in [2.24, 2.45) is 5.92 Å². The van der Waals surface area contributed by atoms with Crippen molar-refractivity contribution in [3.8, 4) is 5.88 Å². The highest BCUT2D eigenvalue weighted by Gasteiger charge is 2.52. The summed E-state index contributed by atoms with van der Waals surface area (Å²) in [6.45, 7) is 4.26. The molecule has 0 bridgehead atoms. The maximum atomic E-state index is 13.6. The van der Waals surface area contributed by atoms with E-state index in [1.165, 1.54) is 18.3 Å². The van der Waals surface area contributed by atoms with Gasteiger partial charge in [-0.2, -0.15) is 4.31 Å². The lowest BCUT2D eigenvalue weighted by molar-refractivity contribution is -0.0499. The van der Waals surface area contributed by atoms with Crippen LogP contribution in [0.4, 0.5) is 4.39 Å². The van der Waals surface area contributed by atoms with E-state index < -0.39 is 15.8 Å². The topological polar surface area (TPSA) is 62.7 Å². The number of aromatic nitrogens is 1. The van der Waals surface area contributed by atoms with E-state index in [9.17, 15) is 12.8 Å². The summed E-state index contributed by atoms with van der Waals surface area (Å²) in [6.07, 6.45) is 3.95. The van der Waals surface area contributed by atoms with Gasteiger partial charge in [0.25, 0.3) is 0 Å². The molecule has 0 unspecified atom stereocenters. The van der Waals surface area contributed by atoms with Crippen LogP contribution in [-0.2, 0) is 10.0 Å². The third-order valence-electron chi connectivity index (χ3n) is 5.33. The number of halogens is 1. The Morgan fingerprint density at radius 2 is 2.20 bits per heavy atom. The molecular formula is C17H26FN3O3S. The van der Waals surface area contributed by atoms with Crippen LogP contribution in [-0.4, -0.2) is 67.2 Å². The second-order valence-corrected chi connectivity index (χ2v) is 9.28. The Morgan fingerprint density at radius 3 is 2.88 bits per heavy atom. The van der Waals surface area contributed by atoms with Crippen molar-refractivity contribution in [2.45, 2.75) is 31.7 Å². The maximum absolute atomic E-state index is 13.6. The minimum absolute atomic E-state index is 0.0382. The number of likely N-dealkylation sites (tertiary alicyclic amines) is 1. The second kappa shape index (κ2) is 7.17. The first kappa shape index (κ1) is 18.5. The zero-order valence-electron chi connectivity index (χ0n) is 14.8. The molecule has 2 aliphatic rings. The summed E-state index contributed by atoms with van der Waals surface area (Å²) in [5.41, 5.74) is -0.115. The number of pyridine rings is 1. The standard InChI is InChI=1S/C17H26FN3O3S/c1-3-9-25(22,23)21-12-17(13-21)10-14(6-8-20(17)2)11-24-16-15(18)5-4-7-19-16/h4-5,7,14H,3,6,8-13H2,1-2H3/t14-/m0/s1. The van der Waals surface area contributed by atoms with Gasteiger partial charge in [0.05, 0.1) is 12.4 Å². The molecule has 1 aromatic rings. The number of hydrogen-bond acceptors (Lipinski definition) is 5. The van der Waals surface area contributed by atoms with Gasteiger partial charge in [0.2, 0.25) is 15.9 Å². The summed E-state index contributed by atoms with van der Waals surface area (Å²) in [6, 6.07) is 2.87. The molecule has 8 heteroatoms. The molecule has 1 aromatic heterocycles. The predicted molar refractivity (Wildman–Crippen MR) is 93.4 cm³/mol. The lowest BCUT2D eigenvalue weighted by atomic mass is 9.77. The fraction of sp³-hybridized carbons (Fsp3) is 0.706. The van der Waals surface area contributed by atoms with Crippen LogP contribution in [0.3, 0.4) is 0 Å². The molecule has 1 spiro atoms. The number of rotatable bonds is 6. The Kier molecular flexibility index (Phi) is 5.31. The largest absolute Gasteiger partial charge is 0.475 e. The van der Waals surface area contributed by atoms with E-state index in [0.717, 1.165) is 19.4 Å². The maximum Gasteiger partial charge on any atom is 0.250 e. The van der Waals surface area contributed by atoms with Gasteiger partial charge in [-0.3, -0.25) is 4.90 Å². The van der Waals surface area contributed by atoms with Crippen LogP contribution in [0.2, 0.25) is 0 Å². The quantitative estimate of drug-likeness (QED) is 0.762. The Hall–Kier alpha value is -1.25. The van der Waals surface area contributed by atoms with Gasteiger partial charge < -0.3 is 4.74 Å². The van der Waals surface area contributed by atoms with E-state index >= 15 is 0 Å². The molecule has 2 saturated heterocycles. The minimum Gasteiger partial charge on any atom is -0.475 e. The fourth-order valence-corrected chi connectivity index (χ4v) is 5.44. The smallest absolute Gasteiger partial charge is 0.250 e. The zero-order chi connectivity index (χ0) is 18.1. The van der Waals surface area contributed by atoms with Crippen molar-refractivity contribution < 1.29 is 17.5 Å². The van der Waals surface area contributed by atoms with Crippen LogP contribution >= 0.6 is 0 Å². The molecule has 140 valence electrons. The Labute approximate surface area is 149 Å². The van der Waals surface area contributed by atoms with Gasteiger partial charge in [-0.25, -0.2) is 17.8 Å². The molecule has 6 nitrogen and oxygen atoms in total. The number of likely N-dealkylation sites (N-methyl/N-ethyl adjacent to an activating group) is 1. The number of hydrogen-bond donors (Lipinski definition) is 0. The Morgan fingerprint density at radius 1 is 1.44 bits per heavy atom. The fourth-order valence-electron chi connectivity index (χ4n) is 3.79. The predicted octanol–water partition coefficient (Wildman–Crippen LogP) is 1.74. The average Bonchev–Trinajstić information content (AvgIpc) is 2.53. The molecule has 3 rings (SSSR count). The first-order valence-electron chi connectivity index (χ1n) is 8.79. The summed E-state index contributed by atoms with van der Waals surface area (Å²) >= 11 is 0. The summed E-state index contributed by atoms with van der Waals surface area (Å²) in [7, 11) is -1.08. The van der Waals surface area contributed by atoms with E-state index in [4.69, 9.17) is 4.74 Å². The average molecular weight is 371 g/mol. The molecule has 3 heterocycles. The van der Waals surface area contributed by atoms with E-state index in [0.29, 0.717) is 26.1 Å².